The number of halogens is 2. The van der Waals surface area contributed by atoms with E-state index in [1.165, 1.54) is 0 Å². The summed E-state index contributed by atoms with van der Waals surface area (Å²) in [6.45, 7) is 3.19. The summed E-state index contributed by atoms with van der Waals surface area (Å²) in [5.74, 6) is 0.894. The molecule has 0 aliphatic rings. The largest absolute Gasteiger partial charge is 0.354 e. The van der Waals surface area contributed by atoms with Crippen molar-refractivity contribution in [2.75, 3.05) is 6.54 Å². The van der Waals surface area contributed by atoms with Gasteiger partial charge in [0, 0.05) is 13.1 Å². The molecule has 0 aliphatic heterocycles. The number of para-hydroxylation sites is 2. The minimum Gasteiger partial charge on any atom is -0.354 e. The van der Waals surface area contributed by atoms with Crippen LogP contribution in [0.1, 0.15) is 11.4 Å². The number of amides is 1. The molecule has 3 aromatic rings. The van der Waals surface area contributed by atoms with Crippen LogP contribution in [0.2, 0.25) is 10.0 Å². The second-order valence-electron chi connectivity index (χ2n) is 5.57. The molecule has 6 heteroatoms. The second kappa shape index (κ2) is 7.24. The second-order valence-corrected chi connectivity index (χ2v) is 6.39. The Labute approximate surface area is 150 Å². The Bertz CT molecular complexity index is 889. The van der Waals surface area contributed by atoms with Crippen LogP contribution >= 0.6 is 23.2 Å². The van der Waals surface area contributed by atoms with Crippen molar-refractivity contribution in [2.45, 2.75) is 19.9 Å². The summed E-state index contributed by atoms with van der Waals surface area (Å²) in [5, 5.41) is 3.88. The number of benzene rings is 2. The molecule has 0 spiro atoms. The van der Waals surface area contributed by atoms with E-state index in [1.807, 2.05) is 31.2 Å². The molecule has 1 heterocycles. The minimum atomic E-state index is -0.0459. The Morgan fingerprint density at radius 1 is 1.17 bits per heavy atom. The summed E-state index contributed by atoms with van der Waals surface area (Å²) in [6, 6.07) is 13.2. The number of hydrogen-bond acceptors (Lipinski definition) is 2. The van der Waals surface area contributed by atoms with Crippen molar-refractivity contribution < 1.29 is 4.79 Å². The van der Waals surface area contributed by atoms with Crippen LogP contribution in [0.3, 0.4) is 0 Å². The summed E-state index contributed by atoms with van der Waals surface area (Å²) >= 11 is 11.8. The van der Waals surface area contributed by atoms with Crippen molar-refractivity contribution in [3.05, 3.63) is 63.9 Å². The molecule has 124 valence electrons. The van der Waals surface area contributed by atoms with Crippen molar-refractivity contribution in [1.29, 1.82) is 0 Å². The van der Waals surface area contributed by atoms with E-state index >= 15 is 0 Å². The first-order valence-corrected chi connectivity index (χ1v) is 8.42. The zero-order valence-corrected chi connectivity index (χ0v) is 14.7. The predicted molar refractivity (Wildman–Crippen MR) is 97.6 cm³/mol. The van der Waals surface area contributed by atoms with E-state index in [9.17, 15) is 4.79 Å². The van der Waals surface area contributed by atoms with Crippen molar-refractivity contribution in [2.24, 2.45) is 0 Å². The van der Waals surface area contributed by atoms with Crippen LogP contribution < -0.4 is 5.32 Å². The van der Waals surface area contributed by atoms with Gasteiger partial charge in [-0.25, -0.2) is 4.98 Å². The maximum atomic E-state index is 12.1. The lowest BCUT2D eigenvalue weighted by atomic mass is 10.1. The van der Waals surface area contributed by atoms with E-state index in [4.69, 9.17) is 23.2 Å². The topological polar surface area (TPSA) is 46.9 Å². The number of hydrogen-bond donors (Lipinski definition) is 1. The average molecular weight is 362 g/mol. The van der Waals surface area contributed by atoms with Gasteiger partial charge in [0.2, 0.25) is 5.91 Å². The molecular formula is C18H17Cl2N3O. The average Bonchev–Trinajstić information content (AvgIpc) is 2.87. The first-order valence-electron chi connectivity index (χ1n) is 7.67. The van der Waals surface area contributed by atoms with Crippen LogP contribution in [0.25, 0.3) is 11.0 Å². The Morgan fingerprint density at radius 3 is 2.75 bits per heavy atom. The fraction of sp³-hybridized carbons (Fsp3) is 0.222. The van der Waals surface area contributed by atoms with Crippen LogP contribution in [0.5, 0.6) is 0 Å². The van der Waals surface area contributed by atoms with E-state index in [2.05, 4.69) is 14.9 Å². The van der Waals surface area contributed by atoms with E-state index in [-0.39, 0.29) is 12.3 Å². The molecule has 0 unspecified atom stereocenters. The van der Waals surface area contributed by atoms with Crippen molar-refractivity contribution in [3.8, 4) is 0 Å². The van der Waals surface area contributed by atoms with Gasteiger partial charge in [0.15, 0.2) is 0 Å². The number of carbonyl (C=O) groups excluding carboxylic acids is 1. The van der Waals surface area contributed by atoms with Crippen LogP contribution in [-0.4, -0.2) is 22.0 Å². The highest BCUT2D eigenvalue weighted by Gasteiger charge is 2.08. The third-order valence-corrected chi connectivity index (χ3v) is 4.59. The maximum absolute atomic E-state index is 12.1. The van der Waals surface area contributed by atoms with Crippen LogP contribution in [-0.2, 0) is 17.8 Å². The van der Waals surface area contributed by atoms with Gasteiger partial charge < -0.3 is 9.88 Å². The van der Waals surface area contributed by atoms with E-state index < -0.39 is 0 Å². The Hall–Kier alpha value is -2.04. The molecular weight excluding hydrogens is 345 g/mol. The standard InChI is InChI=1S/C18H17Cl2N3O/c1-12-22-16-4-2-3-5-17(16)23(12)9-8-21-18(24)11-13-6-7-14(19)15(20)10-13/h2-7,10H,8-9,11H2,1H3,(H,21,24). The molecule has 1 amide bonds. The normalized spacial score (nSPS) is 11.0. The Balaban J connectivity index is 1.58. The summed E-state index contributed by atoms with van der Waals surface area (Å²) in [6.07, 6.45) is 0.278. The fourth-order valence-corrected chi connectivity index (χ4v) is 3.00. The number of nitrogens with one attached hydrogen (secondary N) is 1. The van der Waals surface area contributed by atoms with E-state index in [0.717, 1.165) is 22.4 Å². The van der Waals surface area contributed by atoms with Gasteiger partial charge in [-0.2, -0.15) is 0 Å². The molecule has 0 bridgehead atoms. The smallest absolute Gasteiger partial charge is 0.224 e. The maximum Gasteiger partial charge on any atom is 0.224 e. The zero-order chi connectivity index (χ0) is 17.1. The highest BCUT2D eigenvalue weighted by Crippen LogP contribution is 2.22. The van der Waals surface area contributed by atoms with Crippen LogP contribution in [0.15, 0.2) is 42.5 Å². The van der Waals surface area contributed by atoms with Gasteiger partial charge in [-0.1, -0.05) is 41.4 Å². The summed E-state index contributed by atoms with van der Waals surface area (Å²) < 4.78 is 2.11. The Morgan fingerprint density at radius 2 is 1.96 bits per heavy atom. The summed E-state index contributed by atoms with van der Waals surface area (Å²) in [4.78, 5) is 16.6. The van der Waals surface area contributed by atoms with Gasteiger partial charge in [-0.15, -0.1) is 0 Å². The predicted octanol–water partition coefficient (Wildman–Crippen LogP) is 4.01. The summed E-state index contributed by atoms with van der Waals surface area (Å²) in [7, 11) is 0. The zero-order valence-electron chi connectivity index (χ0n) is 13.2. The molecule has 0 fully saturated rings. The number of fused-ring (bicyclic) bond motifs is 1. The van der Waals surface area contributed by atoms with Gasteiger partial charge in [0.25, 0.3) is 0 Å². The molecule has 0 aliphatic carbocycles. The lowest BCUT2D eigenvalue weighted by Gasteiger charge is -2.09. The minimum absolute atomic E-state index is 0.0459. The van der Waals surface area contributed by atoms with Gasteiger partial charge in [0.05, 0.1) is 27.5 Å². The first kappa shape index (κ1) is 16.8. The van der Waals surface area contributed by atoms with Crippen LogP contribution in [0.4, 0.5) is 0 Å². The Kier molecular flexibility index (Phi) is 5.07. The highest BCUT2D eigenvalue weighted by molar-refractivity contribution is 6.42. The monoisotopic (exact) mass is 361 g/mol. The number of nitrogens with zero attached hydrogens (tertiary/aromatic N) is 2. The molecule has 24 heavy (non-hydrogen) atoms. The van der Waals surface area contributed by atoms with Crippen molar-refractivity contribution in [1.82, 2.24) is 14.9 Å². The molecule has 1 aromatic heterocycles. The third kappa shape index (κ3) is 3.71. The molecule has 0 radical (unpaired) electrons. The molecule has 0 saturated carbocycles. The fourth-order valence-electron chi connectivity index (χ4n) is 2.68. The van der Waals surface area contributed by atoms with Gasteiger partial charge in [-0.05, 0) is 36.8 Å². The SMILES string of the molecule is Cc1nc2ccccc2n1CCNC(=O)Cc1ccc(Cl)c(Cl)c1. The molecule has 3 rings (SSSR count). The quantitative estimate of drug-likeness (QED) is 0.746. The van der Waals surface area contributed by atoms with Gasteiger partial charge in [0.1, 0.15) is 5.82 Å². The molecule has 0 atom stereocenters. The molecule has 4 nitrogen and oxygen atoms in total. The number of rotatable bonds is 5. The lowest BCUT2D eigenvalue weighted by molar-refractivity contribution is -0.120. The molecule has 2 aromatic carbocycles. The first-order chi connectivity index (χ1) is 11.5. The van der Waals surface area contributed by atoms with Gasteiger partial charge >= 0.3 is 0 Å². The number of aryl methyl sites for hydroxylation is 1. The van der Waals surface area contributed by atoms with Crippen LogP contribution in [0, 0.1) is 6.92 Å². The third-order valence-electron chi connectivity index (χ3n) is 3.85. The summed E-state index contributed by atoms with van der Waals surface area (Å²) in [5.41, 5.74) is 2.89. The van der Waals surface area contributed by atoms with Crippen molar-refractivity contribution >= 4 is 40.1 Å². The molecule has 0 saturated heterocycles. The number of carbonyl (C=O) groups is 1. The van der Waals surface area contributed by atoms with Crippen molar-refractivity contribution in [3.63, 3.8) is 0 Å². The number of imidazole rings is 1. The molecule has 1 N–H and O–H groups in total. The van der Waals surface area contributed by atoms with E-state index in [1.54, 1.807) is 18.2 Å². The highest BCUT2D eigenvalue weighted by atomic mass is 35.5. The van der Waals surface area contributed by atoms with E-state index in [0.29, 0.717) is 23.1 Å². The lowest BCUT2D eigenvalue weighted by Crippen LogP contribution is -2.28. The van der Waals surface area contributed by atoms with Gasteiger partial charge in [-0.3, -0.25) is 4.79 Å². The number of aromatic nitrogens is 2.